The Hall–Kier alpha value is -1.84. The Labute approximate surface area is 129 Å². The highest BCUT2D eigenvalue weighted by Crippen LogP contribution is 2.22. The number of imidazole rings is 1. The predicted molar refractivity (Wildman–Crippen MR) is 87.5 cm³/mol. The summed E-state index contributed by atoms with van der Waals surface area (Å²) in [6, 6.07) is 16.3. The van der Waals surface area contributed by atoms with Gasteiger partial charge in [0.1, 0.15) is 5.82 Å². The standard InChI is InChI=1S/C17H18ClN3/c1-11(13-6-5-7-14(18)10-13)19-12(2)17-20-15-8-3-4-9-16(15)21-17/h3-12,19H,1-2H3,(H,20,21). The second-order valence-corrected chi connectivity index (χ2v) is 5.74. The minimum Gasteiger partial charge on any atom is -0.341 e. The number of nitrogens with one attached hydrogen (secondary N) is 2. The van der Waals surface area contributed by atoms with Crippen molar-refractivity contribution in [3.63, 3.8) is 0 Å². The van der Waals surface area contributed by atoms with Crippen LogP contribution in [-0.4, -0.2) is 9.97 Å². The van der Waals surface area contributed by atoms with Gasteiger partial charge in [-0.05, 0) is 43.7 Å². The van der Waals surface area contributed by atoms with Crippen molar-refractivity contribution in [3.05, 3.63) is 64.9 Å². The third kappa shape index (κ3) is 3.09. The number of nitrogens with zero attached hydrogens (tertiary/aromatic N) is 1. The molecule has 2 N–H and O–H groups in total. The maximum atomic E-state index is 6.05. The first kappa shape index (κ1) is 14.1. The molecule has 0 bridgehead atoms. The minimum absolute atomic E-state index is 0.131. The number of benzene rings is 2. The topological polar surface area (TPSA) is 40.7 Å². The monoisotopic (exact) mass is 299 g/mol. The zero-order valence-electron chi connectivity index (χ0n) is 12.1. The molecule has 0 aliphatic rings. The fourth-order valence-corrected chi connectivity index (χ4v) is 2.70. The summed E-state index contributed by atoms with van der Waals surface area (Å²) in [6.45, 7) is 4.24. The van der Waals surface area contributed by atoms with E-state index in [2.05, 4.69) is 35.2 Å². The molecule has 3 rings (SSSR count). The summed E-state index contributed by atoms with van der Waals surface area (Å²) >= 11 is 6.05. The number of aromatic nitrogens is 2. The van der Waals surface area contributed by atoms with Crippen LogP contribution in [0.3, 0.4) is 0 Å². The summed E-state index contributed by atoms with van der Waals surface area (Å²) in [6.07, 6.45) is 0. The largest absolute Gasteiger partial charge is 0.341 e. The lowest BCUT2D eigenvalue weighted by Gasteiger charge is -2.19. The van der Waals surface area contributed by atoms with Gasteiger partial charge in [-0.3, -0.25) is 0 Å². The van der Waals surface area contributed by atoms with E-state index in [0.29, 0.717) is 0 Å². The van der Waals surface area contributed by atoms with Gasteiger partial charge in [-0.15, -0.1) is 0 Å². The van der Waals surface area contributed by atoms with Crippen LogP contribution < -0.4 is 5.32 Å². The molecule has 0 spiro atoms. The van der Waals surface area contributed by atoms with Crippen LogP contribution in [0, 0.1) is 0 Å². The van der Waals surface area contributed by atoms with Crippen molar-refractivity contribution in [1.29, 1.82) is 0 Å². The van der Waals surface area contributed by atoms with Gasteiger partial charge >= 0.3 is 0 Å². The Bertz CT molecular complexity index is 717. The molecule has 0 aliphatic heterocycles. The third-order valence-electron chi connectivity index (χ3n) is 3.67. The maximum absolute atomic E-state index is 6.05. The molecule has 0 saturated carbocycles. The second-order valence-electron chi connectivity index (χ2n) is 5.30. The summed E-state index contributed by atoms with van der Waals surface area (Å²) in [5, 5.41) is 4.31. The first-order valence-electron chi connectivity index (χ1n) is 7.09. The van der Waals surface area contributed by atoms with E-state index in [0.717, 1.165) is 21.9 Å². The highest BCUT2D eigenvalue weighted by molar-refractivity contribution is 6.30. The quantitative estimate of drug-likeness (QED) is 0.737. The van der Waals surface area contributed by atoms with Crippen molar-refractivity contribution in [3.8, 4) is 0 Å². The summed E-state index contributed by atoms with van der Waals surface area (Å²) in [7, 11) is 0. The smallest absolute Gasteiger partial charge is 0.124 e. The first-order valence-corrected chi connectivity index (χ1v) is 7.47. The molecule has 0 aliphatic carbocycles. The van der Waals surface area contributed by atoms with E-state index < -0.39 is 0 Å². The summed E-state index contributed by atoms with van der Waals surface area (Å²) < 4.78 is 0. The van der Waals surface area contributed by atoms with E-state index in [1.54, 1.807) is 0 Å². The van der Waals surface area contributed by atoms with Crippen LogP contribution in [-0.2, 0) is 0 Å². The van der Waals surface area contributed by atoms with E-state index in [9.17, 15) is 0 Å². The molecule has 2 aromatic carbocycles. The van der Waals surface area contributed by atoms with E-state index in [-0.39, 0.29) is 12.1 Å². The van der Waals surface area contributed by atoms with Gasteiger partial charge in [-0.2, -0.15) is 0 Å². The van der Waals surface area contributed by atoms with Crippen LogP contribution >= 0.6 is 11.6 Å². The lowest BCUT2D eigenvalue weighted by Crippen LogP contribution is -2.23. The van der Waals surface area contributed by atoms with Crippen molar-refractivity contribution in [2.75, 3.05) is 0 Å². The predicted octanol–water partition coefficient (Wildman–Crippen LogP) is 4.63. The molecule has 3 aromatic rings. The van der Waals surface area contributed by atoms with Gasteiger partial charge in [0.25, 0.3) is 0 Å². The van der Waals surface area contributed by atoms with Gasteiger partial charge in [-0.1, -0.05) is 35.9 Å². The molecule has 3 nitrogen and oxygen atoms in total. The average Bonchev–Trinajstić information content (AvgIpc) is 2.91. The number of aromatic amines is 1. The Morgan fingerprint density at radius 3 is 2.62 bits per heavy atom. The second kappa shape index (κ2) is 5.88. The molecule has 4 heteroatoms. The number of para-hydroxylation sites is 2. The first-order chi connectivity index (χ1) is 10.1. The van der Waals surface area contributed by atoms with Gasteiger partial charge in [0.15, 0.2) is 0 Å². The maximum Gasteiger partial charge on any atom is 0.124 e. The number of rotatable bonds is 4. The molecule has 1 aromatic heterocycles. The van der Waals surface area contributed by atoms with Crippen LogP contribution in [0.4, 0.5) is 0 Å². The van der Waals surface area contributed by atoms with E-state index in [1.807, 2.05) is 42.5 Å². The van der Waals surface area contributed by atoms with Gasteiger partial charge in [0.05, 0.1) is 17.1 Å². The summed E-state index contributed by atoms with van der Waals surface area (Å²) in [5.41, 5.74) is 3.23. The number of hydrogen-bond donors (Lipinski definition) is 2. The van der Waals surface area contributed by atoms with Crippen LogP contribution in [0.2, 0.25) is 5.02 Å². The fraction of sp³-hybridized carbons (Fsp3) is 0.235. The zero-order chi connectivity index (χ0) is 14.8. The number of fused-ring (bicyclic) bond motifs is 1. The van der Waals surface area contributed by atoms with Crippen LogP contribution in [0.5, 0.6) is 0 Å². The van der Waals surface area contributed by atoms with Gasteiger partial charge in [0, 0.05) is 11.1 Å². The van der Waals surface area contributed by atoms with E-state index in [1.165, 1.54) is 5.56 Å². The molecule has 21 heavy (non-hydrogen) atoms. The van der Waals surface area contributed by atoms with Crippen molar-refractivity contribution in [2.45, 2.75) is 25.9 Å². The zero-order valence-corrected chi connectivity index (χ0v) is 12.9. The normalized spacial score (nSPS) is 14.2. The number of halogens is 1. The Kier molecular flexibility index (Phi) is 3.95. The SMILES string of the molecule is CC(NC(C)c1nc2ccccc2[nH]1)c1cccc(Cl)c1. The molecular formula is C17H18ClN3. The third-order valence-corrected chi connectivity index (χ3v) is 3.90. The Balaban J connectivity index is 1.77. The average molecular weight is 300 g/mol. The van der Waals surface area contributed by atoms with Gasteiger partial charge < -0.3 is 10.3 Å². The van der Waals surface area contributed by atoms with Crippen molar-refractivity contribution in [2.24, 2.45) is 0 Å². The lowest BCUT2D eigenvalue weighted by atomic mass is 10.1. The summed E-state index contributed by atoms with van der Waals surface area (Å²) in [5.74, 6) is 0.949. The van der Waals surface area contributed by atoms with Crippen LogP contribution in [0.1, 0.15) is 37.3 Å². The fourth-order valence-electron chi connectivity index (χ4n) is 2.50. The number of H-pyrrole nitrogens is 1. The molecule has 0 saturated heterocycles. The van der Waals surface area contributed by atoms with Crippen molar-refractivity contribution >= 4 is 22.6 Å². The number of hydrogen-bond acceptors (Lipinski definition) is 2. The van der Waals surface area contributed by atoms with Gasteiger partial charge in [0.2, 0.25) is 0 Å². The van der Waals surface area contributed by atoms with Crippen LogP contribution in [0.15, 0.2) is 48.5 Å². The molecular weight excluding hydrogens is 282 g/mol. The van der Waals surface area contributed by atoms with Crippen molar-refractivity contribution in [1.82, 2.24) is 15.3 Å². The van der Waals surface area contributed by atoms with E-state index >= 15 is 0 Å². The van der Waals surface area contributed by atoms with Crippen LogP contribution in [0.25, 0.3) is 11.0 Å². The molecule has 0 amide bonds. The van der Waals surface area contributed by atoms with Crippen molar-refractivity contribution < 1.29 is 0 Å². The van der Waals surface area contributed by atoms with E-state index in [4.69, 9.17) is 11.6 Å². The lowest BCUT2D eigenvalue weighted by molar-refractivity contribution is 0.480. The minimum atomic E-state index is 0.131. The molecule has 108 valence electrons. The molecule has 0 radical (unpaired) electrons. The Morgan fingerprint density at radius 2 is 1.86 bits per heavy atom. The highest BCUT2D eigenvalue weighted by Gasteiger charge is 2.14. The molecule has 1 heterocycles. The molecule has 2 unspecified atom stereocenters. The highest BCUT2D eigenvalue weighted by atomic mass is 35.5. The molecule has 2 atom stereocenters. The molecule has 0 fully saturated rings. The summed E-state index contributed by atoms with van der Waals surface area (Å²) in [4.78, 5) is 8.00. The van der Waals surface area contributed by atoms with Gasteiger partial charge in [-0.25, -0.2) is 4.98 Å². The Morgan fingerprint density at radius 1 is 1.05 bits per heavy atom.